The first-order valence-corrected chi connectivity index (χ1v) is 10.2. The van der Waals surface area contributed by atoms with Crippen LogP contribution in [0.25, 0.3) is 11.4 Å². The quantitative estimate of drug-likeness (QED) is 0.326. The fourth-order valence-electron chi connectivity index (χ4n) is 3.73. The highest BCUT2D eigenvalue weighted by molar-refractivity contribution is 5.89. The van der Waals surface area contributed by atoms with Gasteiger partial charge in [-0.1, -0.05) is 5.16 Å². The van der Waals surface area contributed by atoms with Gasteiger partial charge in [-0.25, -0.2) is 4.79 Å². The number of esters is 1. The molecule has 1 fully saturated rings. The summed E-state index contributed by atoms with van der Waals surface area (Å²) in [5.74, 6) is 0.565. The zero-order valence-electron chi connectivity index (χ0n) is 17.8. The summed E-state index contributed by atoms with van der Waals surface area (Å²) < 4.78 is 10.2. The lowest BCUT2D eigenvalue weighted by molar-refractivity contribution is -0.384. The van der Waals surface area contributed by atoms with Crippen LogP contribution in [-0.2, 0) is 11.3 Å². The highest BCUT2D eigenvalue weighted by Crippen LogP contribution is 2.23. The van der Waals surface area contributed by atoms with Crippen LogP contribution in [0.4, 0.5) is 11.4 Å². The lowest BCUT2D eigenvalue weighted by Crippen LogP contribution is -2.51. The largest absolute Gasteiger partial charge is 0.465 e. The molecule has 2 heterocycles. The van der Waals surface area contributed by atoms with Crippen LogP contribution >= 0.6 is 0 Å². The minimum Gasteiger partial charge on any atom is -0.465 e. The van der Waals surface area contributed by atoms with Crippen LogP contribution in [0.2, 0.25) is 0 Å². The summed E-state index contributed by atoms with van der Waals surface area (Å²) in [6, 6.07) is 13.7. The second-order valence-electron chi connectivity index (χ2n) is 7.62. The van der Waals surface area contributed by atoms with Crippen LogP contribution in [0.5, 0.6) is 0 Å². The summed E-state index contributed by atoms with van der Waals surface area (Å²) in [6.07, 6.45) is 0. The average molecular weight is 437 g/mol. The van der Waals surface area contributed by atoms with Crippen LogP contribution in [0.3, 0.4) is 0 Å². The number of nitro benzene ring substituents is 1. The molecule has 0 aliphatic carbocycles. The number of anilines is 1. The molecule has 1 aliphatic rings. The van der Waals surface area contributed by atoms with Gasteiger partial charge in [0.25, 0.3) is 5.69 Å². The number of hydrogen-bond donors (Lipinski definition) is 0. The van der Waals surface area contributed by atoms with E-state index in [4.69, 9.17) is 9.26 Å². The minimum absolute atomic E-state index is 0.0177. The van der Waals surface area contributed by atoms with Gasteiger partial charge in [0.05, 0.1) is 24.1 Å². The molecule has 0 amide bonds. The van der Waals surface area contributed by atoms with E-state index < -0.39 is 4.92 Å². The molecule has 2 aromatic carbocycles. The smallest absolute Gasteiger partial charge is 0.337 e. The van der Waals surface area contributed by atoms with Gasteiger partial charge in [-0.3, -0.25) is 15.0 Å². The molecule has 3 aromatic rings. The molecule has 0 spiro atoms. The number of non-ortho nitro benzene ring substituents is 1. The van der Waals surface area contributed by atoms with Crippen LogP contribution in [0.15, 0.2) is 53.1 Å². The highest BCUT2D eigenvalue weighted by atomic mass is 16.6. The van der Waals surface area contributed by atoms with Gasteiger partial charge >= 0.3 is 5.97 Å². The number of hydrogen-bond acceptors (Lipinski definition) is 9. The predicted molar refractivity (Wildman–Crippen MR) is 116 cm³/mol. The fraction of sp³-hybridized carbons (Fsp3) is 0.318. The van der Waals surface area contributed by atoms with E-state index in [2.05, 4.69) is 26.9 Å². The number of piperazine rings is 1. The van der Waals surface area contributed by atoms with E-state index in [1.165, 1.54) is 19.2 Å². The normalized spacial score (nSPS) is 16.7. The number of aromatic nitrogens is 2. The maximum atomic E-state index is 11.6. The second-order valence-corrected chi connectivity index (χ2v) is 7.62. The number of ether oxygens (including phenoxy) is 1. The summed E-state index contributed by atoms with van der Waals surface area (Å²) in [5, 5.41) is 14.8. The van der Waals surface area contributed by atoms with Crippen molar-refractivity contribution in [2.45, 2.75) is 19.5 Å². The Morgan fingerprint density at radius 1 is 1.19 bits per heavy atom. The molecule has 1 aromatic heterocycles. The summed E-state index contributed by atoms with van der Waals surface area (Å²) in [4.78, 5) is 31.0. The molecule has 0 bridgehead atoms. The standard InChI is InChI=1S/C22H23N5O5/c1-15-13-26(18-7-5-17(6-8-18)22(28)31-2)12-11-25(15)14-20-23-21(24-32-20)16-3-9-19(10-4-16)27(29)30/h3-10,15H,11-14H2,1-2H3. The van der Waals surface area contributed by atoms with Gasteiger partial charge in [0.15, 0.2) is 0 Å². The molecule has 1 atom stereocenters. The predicted octanol–water partition coefficient (Wildman–Crippen LogP) is 3.14. The zero-order valence-corrected chi connectivity index (χ0v) is 17.8. The third kappa shape index (κ3) is 4.59. The molecular formula is C22H23N5O5. The number of rotatable bonds is 6. The molecule has 10 heteroatoms. The monoisotopic (exact) mass is 437 g/mol. The molecule has 10 nitrogen and oxygen atoms in total. The maximum Gasteiger partial charge on any atom is 0.337 e. The lowest BCUT2D eigenvalue weighted by Gasteiger charge is -2.40. The van der Waals surface area contributed by atoms with Gasteiger partial charge in [0.2, 0.25) is 11.7 Å². The van der Waals surface area contributed by atoms with E-state index in [-0.39, 0.29) is 17.7 Å². The first kappa shape index (κ1) is 21.4. The Balaban J connectivity index is 1.36. The van der Waals surface area contributed by atoms with Gasteiger partial charge in [-0.05, 0) is 43.3 Å². The number of nitro groups is 1. The van der Waals surface area contributed by atoms with Crippen LogP contribution < -0.4 is 4.90 Å². The summed E-state index contributed by atoms with van der Waals surface area (Å²) in [6.45, 7) is 5.13. The SMILES string of the molecule is COC(=O)c1ccc(N2CCN(Cc3nc(-c4ccc([N+](=O)[O-])cc4)no3)C(C)C2)cc1. The third-order valence-electron chi connectivity index (χ3n) is 5.56. The van der Waals surface area contributed by atoms with Crippen LogP contribution in [-0.4, -0.2) is 58.7 Å². The molecule has 0 N–H and O–H groups in total. The Bertz CT molecular complexity index is 1100. The number of carbonyl (C=O) groups excluding carboxylic acids is 1. The van der Waals surface area contributed by atoms with E-state index in [9.17, 15) is 14.9 Å². The first-order valence-electron chi connectivity index (χ1n) is 10.2. The number of nitrogens with zero attached hydrogens (tertiary/aromatic N) is 5. The summed E-state index contributed by atoms with van der Waals surface area (Å²) in [7, 11) is 1.37. The van der Waals surface area contributed by atoms with Gasteiger partial charge in [0, 0.05) is 49.1 Å². The van der Waals surface area contributed by atoms with E-state index in [0.29, 0.717) is 29.4 Å². The number of methoxy groups -OCH3 is 1. The van der Waals surface area contributed by atoms with Gasteiger partial charge in [0.1, 0.15) is 0 Å². The van der Waals surface area contributed by atoms with E-state index in [0.717, 1.165) is 25.3 Å². The van der Waals surface area contributed by atoms with Crippen molar-refractivity contribution in [1.29, 1.82) is 0 Å². The Kier molecular flexibility index (Phi) is 6.13. The summed E-state index contributed by atoms with van der Waals surface area (Å²) >= 11 is 0. The molecule has 0 saturated carbocycles. The lowest BCUT2D eigenvalue weighted by atomic mass is 10.1. The minimum atomic E-state index is -0.444. The Morgan fingerprint density at radius 2 is 1.91 bits per heavy atom. The maximum absolute atomic E-state index is 11.6. The fourth-order valence-corrected chi connectivity index (χ4v) is 3.73. The van der Waals surface area contributed by atoms with Crippen molar-refractivity contribution in [2.75, 3.05) is 31.6 Å². The Labute approximate surface area is 184 Å². The van der Waals surface area contributed by atoms with E-state index in [1.54, 1.807) is 24.3 Å². The van der Waals surface area contributed by atoms with Crippen molar-refractivity contribution in [3.05, 3.63) is 70.1 Å². The van der Waals surface area contributed by atoms with Gasteiger partial charge < -0.3 is 14.2 Å². The Hall–Kier alpha value is -3.79. The molecule has 4 rings (SSSR count). The van der Waals surface area contributed by atoms with E-state index in [1.807, 2.05) is 12.1 Å². The van der Waals surface area contributed by atoms with Crippen LogP contribution in [0.1, 0.15) is 23.2 Å². The van der Waals surface area contributed by atoms with Crippen molar-refractivity contribution in [3.8, 4) is 11.4 Å². The highest BCUT2D eigenvalue weighted by Gasteiger charge is 2.26. The molecule has 166 valence electrons. The molecule has 1 aliphatic heterocycles. The first-order chi connectivity index (χ1) is 15.4. The zero-order chi connectivity index (χ0) is 22.7. The van der Waals surface area contributed by atoms with Gasteiger partial charge in [-0.2, -0.15) is 4.98 Å². The van der Waals surface area contributed by atoms with Crippen molar-refractivity contribution in [3.63, 3.8) is 0 Å². The average Bonchev–Trinajstić information content (AvgIpc) is 3.28. The Morgan fingerprint density at radius 3 is 2.53 bits per heavy atom. The molecular weight excluding hydrogens is 414 g/mol. The third-order valence-corrected chi connectivity index (χ3v) is 5.56. The topological polar surface area (TPSA) is 115 Å². The van der Waals surface area contributed by atoms with Crippen molar-refractivity contribution in [1.82, 2.24) is 15.0 Å². The molecule has 0 radical (unpaired) electrons. The molecule has 1 unspecified atom stereocenters. The molecule has 32 heavy (non-hydrogen) atoms. The van der Waals surface area contributed by atoms with Gasteiger partial charge in [-0.15, -0.1) is 0 Å². The van der Waals surface area contributed by atoms with Crippen LogP contribution in [0, 0.1) is 10.1 Å². The van der Waals surface area contributed by atoms with Crippen molar-refractivity contribution < 1.29 is 19.0 Å². The second kappa shape index (κ2) is 9.15. The number of carbonyl (C=O) groups is 1. The van der Waals surface area contributed by atoms with E-state index >= 15 is 0 Å². The van der Waals surface area contributed by atoms with Crippen molar-refractivity contribution in [2.24, 2.45) is 0 Å². The number of benzene rings is 2. The molecule has 1 saturated heterocycles. The van der Waals surface area contributed by atoms with Crippen molar-refractivity contribution >= 4 is 17.3 Å². The summed E-state index contributed by atoms with van der Waals surface area (Å²) in [5.41, 5.74) is 2.27.